The third-order valence-corrected chi connectivity index (χ3v) is 3.18. The maximum Gasteiger partial charge on any atom is 0.322 e. The summed E-state index contributed by atoms with van der Waals surface area (Å²) in [7, 11) is 0. The molecule has 5 heteroatoms. The van der Waals surface area contributed by atoms with Crippen LogP contribution in [0.3, 0.4) is 0 Å². The van der Waals surface area contributed by atoms with E-state index >= 15 is 0 Å². The van der Waals surface area contributed by atoms with Crippen molar-refractivity contribution in [3.8, 4) is 0 Å². The predicted molar refractivity (Wildman–Crippen MR) is 63.7 cm³/mol. The highest BCUT2D eigenvalue weighted by Gasteiger charge is 2.32. The molecule has 1 aromatic heterocycles. The van der Waals surface area contributed by atoms with Crippen molar-refractivity contribution >= 4 is 5.97 Å². The molecule has 1 aliphatic rings. The minimum Gasteiger partial charge on any atom is -0.480 e. The maximum absolute atomic E-state index is 11.2. The third-order valence-electron chi connectivity index (χ3n) is 3.18. The Morgan fingerprint density at radius 1 is 1.65 bits per heavy atom. The summed E-state index contributed by atoms with van der Waals surface area (Å²) >= 11 is 0. The number of nitrogens with one attached hydrogen (secondary N) is 1. The zero-order valence-electron chi connectivity index (χ0n) is 9.84. The highest BCUT2D eigenvalue weighted by molar-refractivity contribution is 5.74. The van der Waals surface area contributed by atoms with Gasteiger partial charge in [-0.3, -0.25) is 14.7 Å². The van der Waals surface area contributed by atoms with Gasteiger partial charge < -0.3 is 10.4 Å². The Hall–Kier alpha value is -1.46. The number of aromatic nitrogens is 1. The van der Waals surface area contributed by atoms with Gasteiger partial charge in [0.15, 0.2) is 0 Å². The van der Waals surface area contributed by atoms with E-state index in [2.05, 4.69) is 10.3 Å². The molecule has 17 heavy (non-hydrogen) atoms. The van der Waals surface area contributed by atoms with Crippen LogP contribution in [0.1, 0.15) is 18.7 Å². The zero-order valence-corrected chi connectivity index (χ0v) is 9.84. The lowest BCUT2D eigenvalue weighted by Crippen LogP contribution is -2.55. The van der Waals surface area contributed by atoms with Crippen LogP contribution in [0.5, 0.6) is 0 Å². The van der Waals surface area contributed by atoms with Gasteiger partial charge in [-0.2, -0.15) is 0 Å². The molecule has 0 saturated carbocycles. The van der Waals surface area contributed by atoms with Gasteiger partial charge in [-0.15, -0.1) is 0 Å². The largest absolute Gasteiger partial charge is 0.480 e. The Morgan fingerprint density at radius 2 is 2.47 bits per heavy atom. The van der Waals surface area contributed by atoms with Crippen LogP contribution in [-0.2, 0) is 4.79 Å². The normalized spacial score (nSPS) is 23.2. The van der Waals surface area contributed by atoms with Crippen LogP contribution >= 0.6 is 0 Å². The number of carbonyl (C=O) groups is 1. The maximum atomic E-state index is 11.2. The Morgan fingerprint density at radius 3 is 3.12 bits per heavy atom. The summed E-state index contributed by atoms with van der Waals surface area (Å²) < 4.78 is 0. The molecule has 92 valence electrons. The Kier molecular flexibility index (Phi) is 3.71. The first-order valence-corrected chi connectivity index (χ1v) is 5.80. The smallest absolute Gasteiger partial charge is 0.322 e. The molecule has 0 aliphatic carbocycles. The van der Waals surface area contributed by atoms with E-state index in [-0.39, 0.29) is 6.04 Å². The van der Waals surface area contributed by atoms with Gasteiger partial charge in [0.1, 0.15) is 6.04 Å². The summed E-state index contributed by atoms with van der Waals surface area (Å²) in [6, 6.07) is 5.28. The molecule has 0 bridgehead atoms. The Labute approximate surface area is 100 Å². The van der Waals surface area contributed by atoms with E-state index in [0.717, 1.165) is 18.8 Å². The van der Waals surface area contributed by atoms with Crippen LogP contribution in [0.15, 0.2) is 24.4 Å². The van der Waals surface area contributed by atoms with Crippen LogP contribution in [0.25, 0.3) is 0 Å². The average Bonchev–Trinajstić information content (AvgIpc) is 2.39. The van der Waals surface area contributed by atoms with Crippen molar-refractivity contribution in [3.05, 3.63) is 30.1 Å². The van der Waals surface area contributed by atoms with Gasteiger partial charge in [-0.05, 0) is 19.1 Å². The number of nitrogens with zero attached hydrogens (tertiary/aromatic N) is 2. The molecule has 0 amide bonds. The van der Waals surface area contributed by atoms with Crippen molar-refractivity contribution in [2.24, 2.45) is 0 Å². The molecule has 2 atom stereocenters. The number of hydrogen-bond donors (Lipinski definition) is 2. The van der Waals surface area contributed by atoms with Crippen molar-refractivity contribution in [1.29, 1.82) is 0 Å². The van der Waals surface area contributed by atoms with Crippen molar-refractivity contribution in [2.45, 2.75) is 19.0 Å². The number of pyridine rings is 1. The first kappa shape index (κ1) is 12.0. The molecule has 2 rings (SSSR count). The van der Waals surface area contributed by atoms with E-state index in [1.807, 2.05) is 30.0 Å². The fraction of sp³-hybridized carbons (Fsp3) is 0.500. The summed E-state index contributed by atoms with van der Waals surface area (Å²) in [5.74, 6) is -0.778. The lowest BCUT2D eigenvalue weighted by Gasteiger charge is -2.37. The predicted octanol–water partition coefficient (Wildman–Crippen LogP) is 0.501. The number of hydrogen-bond acceptors (Lipinski definition) is 4. The second kappa shape index (κ2) is 5.25. The Balaban J connectivity index is 2.16. The number of piperazine rings is 1. The van der Waals surface area contributed by atoms with E-state index in [1.165, 1.54) is 0 Å². The van der Waals surface area contributed by atoms with Gasteiger partial charge in [0.25, 0.3) is 0 Å². The summed E-state index contributed by atoms with van der Waals surface area (Å²) in [5, 5.41) is 12.3. The SMILES string of the molecule is C[C@@H](c1ccccn1)N1CCNC[C@H]1C(=O)O. The van der Waals surface area contributed by atoms with Crippen LogP contribution in [0, 0.1) is 0 Å². The molecular weight excluding hydrogens is 218 g/mol. The molecule has 0 radical (unpaired) electrons. The monoisotopic (exact) mass is 235 g/mol. The standard InChI is InChI=1S/C12H17N3O2/c1-9(10-4-2-3-5-14-10)15-7-6-13-8-11(15)12(16)17/h2-5,9,11,13H,6-8H2,1H3,(H,16,17)/t9-,11-/m0/s1. The van der Waals surface area contributed by atoms with Crippen LogP contribution in [-0.4, -0.2) is 46.6 Å². The minimum atomic E-state index is -0.778. The molecule has 1 aliphatic heterocycles. The highest BCUT2D eigenvalue weighted by atomic mass is 16.4. The number of carboxylic acid groups (broad SMARTS) is 1. The van der Waals surface area contributed by atoms with Gasteiger partial charge >= 0.3 is 5.97 Å². The van der Waals surface area contributed by atoms with Crippen LogP contribution in [0.4, 0.5) is 0 Å². The fourth-order valence-electron chi connectivity index (χ4n) is 2.21. The van der Waals surface area contributed by atoms with Crippen molar-refractivity contribution < 1.29 is 9.90 Å². The molecule has 1 saturated heterocycles. The van der Waals surface area contributed by atoms with Crippen molar-refractivity contribution in [3.63, 3.8) is 0 Å². The number of aliphatic carboxylic acids is 1. The number of carboxylic acids is 1. The average molecular weight is 235 g/mol. The fourth-order valence-corrected chi connectivity index (χ4v) is 2.21. The molecular formula is C12H17N3O2. The second-order valence-corrected chi connectivity index (χ2v) is 4.23. The molecule has 0 unspecified atom stereocenters. The molecule has 2 heterocycles. The van der Waals surface area contributed by atoms with E-state index < -0.39 is 12.0 Å². The lowest BCUT2D eigenvalue weighted by atomic mass is 10.1. The van der Waals surface area contributed by atoms with Crippen LogP contribution < -0.4 is 5.32 Å². The van der Waals surface area contributed by atoms with Crippen LogP contribution in [0.2, 0.25) is 0 Å². The summed E-state index contributed by atoms with van der Waals surface area (Å²) in [5.41, 5.74) is 0.917. The van der Waals surface area contributed by atoms with E-state index in [9.17, 15) is 9.90 Å². The summed E-state index contributed by atoms with van der Waals surface area (Å²) in [6.45, 7) is 4.05. The molecule has 1 fully saturated rings. The highest BCUT2D eigenvalue weighted by Crippen LogP contribution is 2.21. The molecule has 2 N–H and O–H groups in total. The molecule has 0 aromatic carbocycles. The van der Waals surface area contributed by atoms with E-state index in [4.69, 9.17) is 0 Å². The first-order chi connectivity index (χ1) is 8.20. The Bertz CT molecular complexity index is 383. The molecule has 0 spiro atoms. The topological polar surface area (TPSA) is 65.5 Å². The third kappa shape index (κ3) is 2.62. The summed E-state index contributed by atoms with van der Waals surface area (Å²) in [4.78, 5) is 17.5. The zero-order chi connectivity index (χ0) is 12.3. The van der Waals surface area contributed by atoms with E-state index in [0.29, 0.717) is 6.54 Å². The quantitative estimate of drug-likeness (QED) is 0.798. The first-order valence-electron chi connectivity index (χ1n) is 5.80. The lowest BCUT2D eigenvalue weighted by molar-refractivity contribution is -0.145. The second-order valence-electron chi connectivity index (χ2n) is 4.23. The van der Waals surface area contributed by atoms with Gasteiger partial charge in [0, 0.05) is 25.8 Å². The van der Waals surface area contributed by atoms with Crippen molar-refractivity contribution in [2.75, 3.05) is 19.6 Å². The van der Waals surface area contributed by atoms with Gasteiger partial charge in [-0.25, -0.2) is 0 Å². The number of rotatable bonds is 3. The van der Waals surface area contributed by atoms with Gasteiger partial charge in [-0.1, -0.05) is 6.07 Å². The summed E-state index contributed by atoms with van der Waals surface area (Å²) in [6.07, 6.45) is 1.74. The minimum absolute atomic E-state index is 0.0272. The van der Waals surface area contributed by atoms with Gasteiger partial charge in [0.2, 0.25) is 0 Å². The van der Waals surface area contributed by atoms with Gasteiger partial charge in [0.05, 0.1) is 11.7 Å². The van der Waals surface area contributed by atoms with Crippen molar-refractivity contribution in [1.82, 2.24) is 15.2 Å². The van der Waals surface area contributed by atoms with E-state index in [1.54, 1.807) is 6.20 Å². The molecule has 1 aromatic rings. The molecule has 5 nitrogen and oxygen atoms in total.